The first-order chi connectivity index (χ1) is 16.4. The number of aliphatic hydroxyl groups is 1. The Balaban J connectivity index is 2.91. The number of aliphatic carboxylic acids is 2. The number of guanidine groups is 1. The van der Waals surface area contributed by atoms with Gasteiger partial charge in [0.1, 0.15) is 18.1 Å². The Morgan fingerprint density at radius 1 is 1.03 bits per heavy atom. The minimum Gasteiger partial charge on any atom is -0.481 e. The van der Waals surface area contributed by atoms with Crippen LogP contribution in [0.5, 0.6) is 0 Å². The molecule has 0 aromatic carbocycles. The molecule has 1 heterocycles. The van der Waals surface area contributed by atoms with Crippen LogP contribution in [-0.4, -0.2) is 94.3 Å². The van der Waals surface area contributed by atoms with E-state index in [2.05, 4.69) is 26.3 Å². The van der Waals surface area contributed by atoms with E-state index < -0.39 is 72.8 Å². The summed E-state index contributed by atoms with van der Waals surface area (Å²) in [7, 11) is 0. The molecule has 0 bridgehead atoms. The van der Waals surface area contributed by atoms with Crippen LogP contribution in [0.3, 0.4) is 0 Å². The molecule has 0 aromatic rings. The van der Waals surface area contributed by atoms with Crippen molar-refractivity contribution in [1.29, 1.82) is 0 Å². The maximum Gasteiger partial charge on any atom is 0.326 e. The van der Waals surface area contributed by atoms with Gasteiger partial charge in [-0.1, -0.05) is 0 Å². The van der Waals surface area contributed by atoms with E-state index in [0.717, 1.165) is 6.42 Å². The summed E-state index contributed by atoms with van der Waals surface area (Å²) >= 11 is 0. The quantitative estimate of drug-likeness (QED) is 0.0606. The van der Waals surface area contributed by atoms with E-state index in [-0.39, 0.29) is 18.9 Å². The second-order valence-corrected chi connectivity index (χ2v) is 8.22. The number of nitrogens with one attached hydrogen (secondary N) is 4. The molecule has 3 amide bonds. The van der Waals surface area contributed by atoms with E-state index in [1.807, 2.05) is 0 Å². The van der Waals surface area contributed by atoms with Crippen LogP contribution in [0.2, 0.25) is 0 Å². The van der Waals surface area contributed by atoms with Gasteiger partial charge in [0.05, 0.1) is 12.1 Å². The van der Waals surface area contributed by atoms with Crippen molar-refractivity contribution >= 4 is 35.6 Å². The second kappa shape index (κ2) is 14.7. The Morgan fingerprint density at radius 2 is 1.71 bits per heavy atom. The number of rotatable bonds is 15. The number of amides is 3. The first-order valence-corrected chi connectivity index (χ1v) is 11.2. The zero-order chi connectivity index (χ0) is 26.5. The maximum absolute atomic E-state index is 13.0. The number of carboxylic acids is 2. The van der Waals surface area contributed by atoms with Gasteiger partial charge in [0.2, 0.25) is 17.7 Å². The molecule has 0 aromatic heterocycles. The van der Waals surface area contributed by atoms with Gasteiger partial charge in [0.25, 0.3) is 0 Å². The highest BCUT2D eigenvalue weighted by Crippen LogP contribution is 2.08. The largest absolute Gasteiger partial charge is 0.481 e. The van der Waals surface area contributed by atoms with Crippen molar-refractivity contribution in [2.75, 3.05) is 13.1 Å². The van der Waals surface area contributed by atoms with Gasteiger partial charge in [-0.2, -0.15) is 0 Å². The summed E-state index contributed by atoms with van der Waals surface area (Å²) in [4.78, 5) is 64.1. The lowest BCUT2D eigenvalue weighted by atomic mass is 10.1. The van der Waals surface area contributed by atoms with Gasteiger partial charge in [0, 0.05) is 13.0 Å². The van der Waals surface area contributed by atoms with Gasteiger partial charge < -0.3 is 48.1 Å². The molecule has 1 rings (SSSR count). The number of nitrogens with zero attached hydrogens (tertiary/aromatic N) is 1. The molecule has 15 nitrogen and oxygen atoms in total. The van der Waals surface area contributed by atoms with Crippen molar-refractivity contribution < 1.29 is 39.3 Å². The summed E-state index contributed by atoms with van der Waals surface area (Å²) in [5.74, 6) is -5.05. The van der Waals surface area contributed by atoms with Gasteiger partial charge >= 0.3 is 11.9 Å². The molecule has 0 saturated carbocycles. The third-order valence-corrected chi connectivity index (χ3v) is 5.28. The predicted octanol–water partition coefficient (Wildman–Crippen LogP) is -3.42. The molecule has 5 unspecified atom stereocenters. The third kappa shape index (κ3) is 11.0. The molecule has 1 fully saturated rings. The van der Waals surface area contributed by atoms with Crippen molar-refractivity contribution in [2.45, 2.75) is 75.7 Å². The number of aliphatic imine (C=N–C) groups is 1. The SMILES string of the molecule is CC(O)C(NC(=O)C(CCCN=C(N)N)NC(=O)C1CCCN1)C(=O)NC(CCC(=O)O)C(=O)O. The predicted molar refractivity (Wildman–Crippen MR) is 123 cm³/mol. The Labute approximate surface area is 202 Å². The van der Waals surface area contributed by atoms with Crippen LogP contribution < -0.4 is 32.7 Å². The third-order valence-electron chi connectivity index (χ3n) is 5.28. The number of carbonyl (C=O) groups excluding carboxylic acids is 3. The molecule has 198 valence electrons. The van der Waals surface area contributed by atoms with E-state index in [4.69, 9.17) is 16.6 Å². The van der Waals surface area contributed by atoms with Gasteiger partial charge in [-0.3, -0.25) is 24.2 Å². The Morgan fingerprint density at radius 3 is 2.23 bits per heavy atom. The molecule has 0 spiro atoms. The van der Waals surface area contributed by atoms with Crippen LogP contribution in [-0.2, 0) is 24.0 Å². The minimum atomic E-state index is -1.56. The fourth-order valence-corrected chi connectivity index (χ4v) is 3.40. The molecule has 0 aliphatic carbocycles. The van der Waals surface area contributed by atoms with Crippen molar-refractivity contribution in [3.63, 3.8) is 0 Å². The second-order valence-electron chi connectivity index (χ2n) is 8.22. The zero-order valence-electron chi connectivity index (χ0n) is 19.5. The average Bonchev–Trinajstić information content (AvgIpc) is 3.30. The lowest BCUT2D eigenvalue weighted by molar-refractivity contribution is -0.144. The van der Waals surface area contributed by atoms with E-state index in [1.54, 1.807) is 0 Å². The number of aliphatic hydroxyl groups excluding tert-OH is 1. The Bertz CT molecular complexity index is 794. The van der Waals surface area contributed by atoms with Crippen LogP contribution in [0.15, 0.2) is 4.99 Å². The molecule has 5 atom stereocenters. The molecule has 0 radical (unpaired) electrons. The first kappa shape index (κ1) is 29.6. The molecular weight excluding hydrogens is 466 g/mol. The van der Waals surface area contributed by atoms with Crippen molar-refractivity contribution in [3.05, 3.63) is 0 Å². The van der Waals surface area contributed by atoms with Crippen molar-refractivity contribution in [3.8, 4) is 0 Å². The summed E-state index contributed by atoms with van der Waals surface area (Å²) in [6.45, 7) is 2.07. The summed E-state index contributed by atoms with van der Waals surface area (Å²) in [5.41, 5.74) is 10.6. The van der Waals surface area contributed by atoms with E-state index >= 15 is 0 Å². The van der Waals surface area contributed by atoms with Crippen LogP contribution in [0.25, 0.3) is 0 Å². The van der Waals surface area contributed by atoms with E-state index in [1.165, 1.54) is 6.92 Å². The average molecular weight is 502 g/mol. The zero-order valence-corrected chi connectivity index (χ0v) is 19.5. The monoisotopic (exact) mass is 501 g/mol. The van der Waals surface area contributed by atoms with Crippen LogP contribution >= 0.6 is 0 Å². The fraction of sp³-hybridized carbons (Fsp3) is 0.700. The van der Waals surface area contributed by atoms with E-state index in [0.29, 0.717) is 19.4 Å². The van der Waals surface area contributed by atoms with Crippen molar-refractivity contribution in [1.82, 2.24) is 21.3 Å². The van der Waals surface area contributed by atoms with Crippen molar-refractivity contribution in [2.24, 2.45) is 16.5 Å². The topological polar surface area (TPSA) is 259 Å². The molecule has 11 N–H and O–H groups in total. The van der Waals surface area contributed by atoms with Crippen LogP contribution in [0.1, 0.15) is 45.4 Å². The van der Waals surface area contributed by atoms with Gasteiger partial charge in [0.15, 0.2) is 5.96 Å². The summed E-state index contributed by atoms with van der Waals surface area (Å²) in [5, 5.41) is 38.2. The standard InChI is InChI=1S/C20H35N7O8/c1-10(28)15(18(33)26-13(19(34)35)6-7-14(29)30)27-17(32)12(5-3-9-24-20(21)22)25-16(31)11-4-2-8-23-11/h10-13,15,23,28H,2-9H2,1H3,(H,25,31)(H,26,33)(H,27,32)(H,29,30)(H,34,35)(H4,21,22,24). The normalized spacial score (nSPS) is 18.4. The molecule has 1 aliphatic rings. The van der Waals surface area contributed by atoms with Gasteiger partial charge in [-0.05, 0) is 45.6 Å². The van der Waals surface area contributed by atoms with Gasteiger partial charge in [-0.25, -0.2) is 4.79 Å². The molecule has 35 heavy (non-hydrogen) atoms. The Kier molecular flexibility index (Phi) is 12.4. The molecule has 1 aliphatic heterocycles. The summed E-state index contributed by atoms with van der Waals surface area (Å²) in [6.07, 6.45) is -0.503. The minimum absolute atomic E-state index is 0.117. The molecule has 1 saturated heterocycles. The lowest BCUT2D eigenvalue weighted by Gasteiger charge is -2.26. The smallest absolute Gasteiger partial charge is 0.326 e. The lowest BCUT2D eigenvalue weighted by Crippen LogP contribution is -2.59. The highest BCUT2D eigenvalue weighted by Gasteiger charge is 2.33. The Hall–Kier alpha value is -3.46. The van der Waals surface area contributed by atoms with Gasteiger partial charge in [-0.15, -0.1) is 0 Å². The summed E-state index contributed by atoms with van der Waals surface area (Å²) in [6, 6.07) is -4.66. The fourth-order valence-electron chi connectivity index (χ4n) is 3.40. The maximum atomic E-state index is 13.0. The first-order valence-electron chi connectivity index (χ1n) is 11.2. The molecule has 15 heteroatoms. The number of nitrogens with two attached hydrogens (primary N) is 2. The number of carbonyl (C=O) groups is 5. The highest BCUT2D eigenvalue weighted by molar-refractivity contribution is 5.94. The van der Waals surface area contributed by atoms with Crippen LogP contribution in [0.4, 0.5) is 0 Å². The van der Waals surface area contributed by atoms with Crippen LogP contribution in [0, 0.1) is 0 Å². The number of carboxylic acid groups (broad SMARTS) is 2. The molecular formula is C20H35N7O8. The highest BCUT2D eigenvalue weighted by atomic mass is 16.4. The summed E-state index contributed by atoms with van der Waals surface area (Å²) < 4.78 is 0. The number of hydrogen-bond donors (Lipinski definition) is 9. The van der Waals surface area contributed by atoms with E-state index in [9.17, 15) is 34.2 Å². The number of hydrogen-bond acceptors (Lipinski definition) is 8.